The van der Waals surface area contributed by atoms with Gasteiger partial charge in [0.1, 0.15) is 0 Å². The smallest absolute Gasteiger partial charge is 0.237 e. The Morgan fingerprint density at radius 2 is 2.00 bits per heavy atom. The van der Waals surface area contributed by atoms with Crippen molar-refractivity contribution in [1.82, 2.24) is 15.5 Å². The van der Waals surface area contributed by atoms with Gasteiger partial charge in [0.05, 0.1) is 12.1 Å². The Hall–Kier alpha value is -1.39. The van der Waals surface area contributed by atoms with Gasteiger partial charge in [-0.3, -0.25) is 9.69 Å². The molecule has 2 aliphatic heterocycles. The summed E-state index contributed by atoms with van der Waals surface area (Å²) in [6.07, 6.45) is 4.60. The van der Waals surface area contributed by atoms with Gasteiger partial charge in [-0.25, -0.2) is 0 Å². The van der Waals surface area contributed by atoms with Crippen LogP contribution in [0.3, 0.4) is 0 Å². The summed E-state index contributed by atoms with van der Waals surface area (Å²) in [5, 5.41) is 6.42. The average Bonchev–Trinajstić information content (AvgIpc) is 3.22. The monoisotopic (exact) mass is 287 g/mol. The molecule has 1 unspecified atom stereocenters. The molecule has 0 aliphatic carbocycles. The summed E-state index contributed by atoms with van der Waals surface area (Å²) in [6, 6.07) is 10.9. The van der Waals surface area contributed by atoms with Gasteiger partial charge in [-0.1, -0.05) is 30.3 Å². The molecular weight excluding hydrogens is 262 g/mol. The first kappa shape index (κ1) is 14.5. The van der Waals surface area contributed by atoms with Crippen LogP contribution in [0.1, 0.15) is 37.3 Å². The second-order valence-electron chi connectivity index (χ2n) is 6.06. The van der Waals surface area contributed by atoms with Gasteiger partial charge in [0.25, 0.3) is 0 Å². The lowest BCUT2D eigenvalue weighted by molar-refractivity contribution is -0.123. The maximum absolute atomic E-state index is 12.2. The summed E-state index contributed by atoms with van der Waals surface area (Å²) in [5.41, 5.74) is 1.30. The molecule has 0 aromatic heterocycles. The molecule has 1 amide bonds. The first-order valence-corrected chi connectivity index (χ1v) is 8.15. The third-order valence-electron chi connectivity index (χ3n) is 4.61. The lowest BCUT2D eigenvalue weighted by Crippen LogP contribution is -2.44. The van der Waals surface area contributed by atoms with Crippen LogP contribution in [-0.2, 0) is 4.79 Å². The molecule has 1 aromatic rings. The van der Waals surface area contributed by atoms with Crippen molar-refractivity contribution in [2.45, 2.75) is 37.8 Å². The van der Waals surface area contributed by atoms with Gasteiger partial charge in [-0.15, -0.1) is 0 Å². The van der Waals surface area contributed by atoms with Gasteiger partial charge in [-0.2, -0.15) is 0 Å². The number of hydrogen-bond donors (Lipinski definition) is 2. The zero-order chi connectivity index (χ0) is 14.5. The molecule has 0 saturated carbocycles. The van der Waals surface area contributed by atoms with Crippen LogP contribution in [0.25, 0.3) is 0 Å². The van der Waals surface area contributed by atoms with Crippen LogP contribution in [0.4, 0.5) is 0 Å². The quantitative estimate of drug-likeness (QED) is 0.866. The number of hydrogen-bond acceptors (Lipinski definition) is 3. The molecule has 2 N–H and O–H groups in total. The molecule has 0 spiro atoms. The summed E-state index contributed by atoms with van der Waals surface area (Å²) in [4.78, 5) is 14.7. The molecule has 114 valence electrons. The Bertz CT molecular complexity index is 450. The number of carbonyl (C=O) groups excluding carboxylic acids is 1. The molecule has 4 nitrogen and oxygen atoms in total. The van der Waals surface area contributed by atoms with Crippen LogP contribution in [0.2, 0.25) is 0 Å². The molecule has 21 heavy (non-hydrogen) atoms. The Balaban J connectivity index is 1.63. The van der Waals surface area contributed by atoms with Gasteiger partial charge in [0.15, 0.2) is 0 Å². The highest BCUT2D eigenvalue weighted by Crippen LogP contribution is 2.24. The molecule has 1 aromatic carbocycles. The van der Waals surface area contributed by atoms with E-state index >= 15 is 0 Å². The molecule has 2 heterocycles. The second kappa shape index (κ2) is 7.05. The maximum Gasteiger partial charge on any atom is 0.237 e. The minimum absolute atomic E-state index is 0.0139. The summed E-state index contributed by atoms with van der Waals surface area (Å²) >= 11 is 0. The molecular formula is C17H25N3O. The minimum atomic E-state index is 0.0139. The fraction of sp³-hybridized carbons (Fsp3) is 0.588. The van der Waals surface area contributed by atoms with E-state index in [4.69, 9.17) is 0 Å². The van der Waals surface area contributed by atoms with Gasteiger partial charge in [0.2, 0.25) is 5.91 Å². The fourth-order valence-electron chi connectivity index (χ4n) is 3.42. The van der Waals surface area contributed by atoms with Gasteiger partial charge < -0.3 is 10.6 Å². The molecule has 2 fully saturated rings. The molecule has 2 atom stereocenters. The number of likely N-dealkylation sites (tertiary alicyclic amines) is 1. The van der Waals surface area contributed by atoms with Gasteiger partial charge >= 0.3 is 0 Å². The third-order valence-corrected chi connectivity index (χ3v) is 4.61. The molecule has 0 radical (unpaired) electrons. The lowest BCUT2D eigenvalue weighted by Gasteiger charge is -2.28. The largest absolute Gasteiger partial charge is 0.353 e. The number of rotatable bonds is 5. The van der Waals surface area contributed by atoms with Crippen molar-refractivity contribution in [3.05, 3.63) is 35.9 Å². The third kappa shape index (κ3) is 3.63. The highest BCUT2D eigenvalue weighted by molar-refractivity contribution is 5.82. The minimum Gasteiger partial charge on any atom is -0.353 e. The summed E-state index contributed by atoms with van der Waals surface area (Å²) < 4.78 is 0. The number of nitrogens with zero attached hydrogens (tertiary/aromatic N) is 1. The zero-order valence-electron chi connectivity index (χ0n) is 12.6. The summed E-state index contributed by atoms with van der Waals surface area (Å²) in [6.45, 7) is 3.95. The van der Waals surface area contributed by atoms with Crippen molar-refractivity contribution >= 4 is 5.91 Å². The van der Waals surface area contributed by atoms with E-state index < -0.39 is 0 Å². The van der Waals surface area contributed by atoms with Crippen molar-refractivity contribution < 1.29 is 4.79 Å². The fourth-order valence-corrected chi connectivity index (χ4v) is 3.42. The Morgan fingerprint density at radius 3 is 2.67 bits per heavy atom. The Kier molecular flexibility index (Phi) is 4.88. The predicted molar refractivity (Wildman–Crippen MR) is 84.0 cm³/mol. The average molecular weight is 287 g/mol. The Morgan fingerprint density at radius 1 is 1.24 bits per heavy atom. The molecule has 3 rings (SSSR count). The maximum atomic E-state index is 12.2. The van der Waals surface area contributed by atoms with E-state index in [0.29, 0.717) is 12.6 Å². The van der Waals surface area contributed by atoms with Crippen molar-refractivity contribution in [3.8, 4) is 0 Å². The van der Waals surface area contributed by atoms with Crippen LogP contribution in [-0.4, -0.2) is 43.0 Å². The SMILES string of the molecule is O=C(NCC(c1ccccc1)N1CCCC1)[C@H]1CCCN1. The molecule has 2 saturated heterocycles. The van der Waals surface area contributed by atoms with Crippen molar-refractivity contribution in [1.29, 1.82) is 0 Å². The number of amides is 1. The zero-order valence-corrected chi connectivity index (χ0v) is 12.6. The second-order valence-corrected chi connectivity index (χ2v) is 6.06. The van der Waals surface area contributed by atoms with Crippen LogP contribution >= 0.6 is 0 Å². The van der Waals surface area contributed by atoms with Crippen LogP contribution in [0.15, 0.2) is 30.3 Å². The van der Waals surface area contributed by atoms with E-state index in [-0.39, 0.29) is 11.9 Å². The lowest BCUT2D eigenvalue weighted by atomic mass is 10.1. The molecule has 2 aliphatic rings. The van der Waals surface area contributed by atoms with E-state index in [9.17, 15) is 4.79 Å². The van der Waals surface area contributed by atoms with Crippen molar-refractivity contribution in [2.24, 2.45) is 0 Å². The number of benzene rings is 1. The topological polar surface area (TPSA) is 44.4 Å². The first-order chi connectivity index (χ1) is 10.3. The Labute approximate surface area is 126 Å². The summed E-state index contributed by atoms with van der Waals surface area (Å²) in [5.74, 6) is 0.160. The van der Waals surface area contributed by atoms with E-state index in [1.807, 2.05) is 6.07 Å². The van der Waals surface area contributed by atoms with Crippen molar-refractivity contribution in [2.75, 3.05) is 26.2 Å². The highest BCUT2D eigenvalue weighted by atomic mass is 16.2. The normalized spacial score (nSPS) is 24.1. The van der Waals surface area contributed by atoms with E-state index in [2.05, 4.69) is 39.8 Å². The number of carbonyl (C=O) groups is 1. The first-order valence-electron chi connectivity index (χ1n) is 8.15. The van der Waals surface area contributed by atoms with E-state index in [0.717, 1.165) is 32.5 Å². The van der Waals surface area contributed by atoms with Gasteiger partial charge in [-0.05, 0) is 50.9 Å². The van der Waals surface area contributed by atoms with Crippen LogP contribution in [0, 0.1) is 0 Å². The number of nitrogens with one attached hydrogen (secondary N) is 2. The predicted octanol–water partition coefficient (Wildman–Crippen LogP) is 1.69. The molecule has 4 heteroatoms. The highest BCUT2D eigenvalue weighted by Gasteiger charge is 2.26. The van der Waals surface area contributed by atoms with Crippen LogP contribution in [0.5, 0.6) is 0 Å². The van der Waals surface area contributed by atoms with Crippen LogP contribution < -0.4 is 10.6 Å². The van der Waals surface area contributed by atoms with Crippen molar-refractivity contribution in [3.63, 3.8) is 0 Å². The van der Waals surface area contributed by atoms with E-state index in [1.54, 1.807) is 0 Å². The van der Waals surface area contributed by atoms with E-state index in [1.165, 1.54) is 18.4 Å². The van der Waals surface area contributed by atoms with Gasteiger partial charge in [0, 0.05) is 6.54 Å². The standard InChI is InChI=1S/C17H25N3O/c21-17(15-9-6-10-18-15)19-13-16(20-11-4-5-12-20)14-7-2-1-3-8-14/h1-3,7-8,15-16,18H,4-6,9-13H2,(H,19,21)/t15-,16?/m1/s1. The summed E-state index contributed by atoms with van der Waals surface area (Å²) in [7, 11) is 0. The molecule has 0 bridgehead atoms.